The van der Waals surface area contributed by atoms with E-state index in [4.69, 9.17) is 9.47 Å². The molecule has 0 amide bonds. The summed E-state index contributed by atoms with van der Waals surface area (Å²) in [5.41, 5.74) is 0.00154. The maximum absolute atomic E-state index is 15.6. The minimum absolute atomic E-state index is 0.0904. The van der Waals surface area contributed by atoms with Gasteiger partial charge in [-0.2, -0.15) is 0 Å². The van der Waals surface area contributed by atoms with Crippen LogP contribution in [-0.2, 0) is 23.4 Å². The van der Waals surface area contributed by atoms with Gasteiger partial charge in [-0.15, -0.1) is 0 Å². The molecule has 2 aromatic carbocycles. The van der Waals surface area contributed by atoms with Crippen molar-refractivity contribution < 1.29 is 18.7 Å². The number of carbonyl (C=O) groups is 1. The molecule has 0 bridgehead atoms. The van der Waals surface area contributed by atoms with Gasteiger partial charge in [0.15, 0.2) is 32.8 Å². The van der Waals surface area contributed by atoms with E-state index in [2.05, 4.69) is 9.97 Å². The molecule has 1 aliphatic carbocycles. The third-order valence-electron chi connectivity index (χ3n) is 7.79. The third-order valence-corrected chi connectivity index (χ3v) is 8.78. The van der Waals surface area contributed by atoms with Crippen molar-refractivity contribution in [3.63, 3.8) is 0 Å². The summed E-state index contributed by atoms with van der Waals surface area (Å²) < 4.78 is 27.8. The van der Waals surface area contributed by atoms with Gasteiger partial charge in [0.05, 0.1) is 26.8 Å². The maximum Gasteiger partial charge on any atom is 0.281 e. The summed E-state index contributed by atoms with van der Waals surface area (Å²) >= 11 is 1.26. The van der Waals surface area contributed by atoms with Gasteiger partial charge in [0.2, 0.25) is 0 Å². The van der Waals surface area contributed by atoms with Crippen molar-refractivity contribution in [2.75, 3.05) is 25.7 Å². The quantitative estimate of drug-likeness (QED) is 0.267. The molecule has 0 N–H and O–H groups in total. The summed E-state index contributed by atoms with van der Waals surface area (Å²) in [4.78, 5) is 38.8. The predicted octanol–water partition coefficient (Wildman–Crippen LogP) is 5.05. The number of ketones is 1. The highest BCUT2D eigenvalue weighted by atomic mass is 32.1. The highest BCUT2D eigenvalue weighted by Gasteiger charge is 2.49. The molecule has 0 spiro atoms. The fourth-order valence-electron chi connectivity index (χ4n) is 5.40. The van der Waals surface area contributed by atoms with Crippen LogP contribution in [0.3, 0.4) is 0 Å². The second-order valence-corrected chi connectivity index (χ2v) is 11.4. The first-order chi connectivity index (χ1) is 19.4. The Labute approximate surface area is 235 Å². The lowest BCUT2D eigenvalue weighted by Gasteiger charge is -2.22. The van der Waals surface area contributed by atoms with E-state index in [-0.39, 0.29) is 29.7 Å². The molecule has 3 heterocycles. The minimum atomic E-state index is -1.64. The molecule has 2 fully saturated rings. The van der Waals surface area contributed by atoms with E-state index in [0.717, 1.165) is 18.4 Å². The number of fused-ring (bicyclic) bond motifs is 1. The van der Waals surface area contributed by atoms with E-state index in [1.807, 2.05) is 35.2 Å². The molecule has 1 saturated heterocycles. The number of hydrogen-bond donors (Lipinski definition) is 0. The average molecular weight is 563 g/mol. The summed E-state index contributed by atoms with van der Waals surface area (Å²) in [6.07, 6.45) is 3.38. The first kappa shape index (κ1) is 26.4. The number of rotatable bonds is 10. The monoisotopic (exact) mass is 562 g/mol. The molecular formula is C30H31FN4O4S. The lowest BCUT2D eigenvalue weighted by atomic mass is 10.0. The van der Waals surface area contributed by atoms with Gasteiger partial charge in [0.1, 0.15) is 11.5 Å². The molecule has 40 heavy (non-hydrogen) atoms. The van der Waals surface area contributed by atoms with Gasteiger partial charge in [-0.1, -0.05) is 41.7 Å². The van der Waals surface area contributed by atoms with Gasteiger partial charge < -0.3 is 14.4 Å². The smallest absolute Gasteiger partial charge is 0.281 e. The van der Waals surface area contributed by atoms with Gasteiger partial charge in [0.25, 0.3) is 5.56 Å². The van der Waals surface area contributed by atoms with Crippen LogP contribution < -0.4 is 19.9 Å². The number of benzene rings is 2. The molecular weight excluding hydrogens is 531 g/mol. The molecule has 0 unspecified atom stereocenters. The standard InChI is InChI=1S/C30H31FN4O4S/c1-38-21-12-11-20(24(17-21)39-2)18-35-27(37)25-26(33-28(35)30(31)14-15-30)40-29(32-25)34-16-6-9-22(34)23(36)13-10-19-7-4-3-5-8-19/h3-5,7-8,11-12,17,22H,6,9-10,13-16,18H2,1-2H3/t22-/m1/s1. The van der Waals surface area contributed by atoms with Crippen molar-refractivity contribution >= 4 is 32.6 Å². The number of ether oxygens (including phenoxy) is 2. The van der Waals surface area contributed by atoms with Crippen molar-refractivity contribution in [2.45, 2.75) is 56.8 Å². The van der Waals surface area contributed by atoms with Crippen molar-refractivity contribution in [3.8, 4) is 11.5 Å². The number of Topliss-reactive ketones (excluding diaryl/α,β-unsaturated/α-hetero) is 1. The zero-order chi connectivity index (χ0) is 27.9. The van der Waals surface area contributed by atoms with Gasteiger partial charge in [-0.3, -0.25) is 14.2 Å². The van der Waals surface area contributed by atoms with E-state index in [9.17, 15) is 9.59 Å². The van der Waals surface area contributed by atoms with Crippen molar-refractivity contribution in [3.05, 3.63) is 75.8 Å². The molecule has 4 aromatic rings. The number of carbonyl (C=O) groups excluding carboxylic acids is 1. The molecule has 10 heteroatoms. The first-order valence-corrected chi connectivity index (χ1v) is 14.4. The first-order valence-electron chi connectivity index (χ1n) is 13.5. The summed E-state index contributed by atoms with van der Waals surface area (Å²) in [5, 5.41) is 0.588. The fraction of sp³-hybridized carbons (Fsp3) is 0.400. The average Bonchev–Trinajstić information content (AvgIpc) is 3.36. The van der Waals surface area contributed by atoms with Gasteiger partial charge in [0, 0.05) is 24.6 Å². The number of aryl methyl sites for hydroxylation is 1. The summed E-state index contributed by atoms with van der Waals surface area (Å²) in [7, 11) is 3.11. The summed E-state index contributed by atoms with van der Waals surface area (Å²) in [5.74, 6) is 1.44. The minimum Gasteiger partial charge on any atom is -0.497 e. The molecule has 2 aromatic heterocycles. The highest BCUT2D eigenvalue weighted by molar-refractivity contribution is 7.21. The van der Waals surface area contributed by atoms with E-state index in [0.29, 0.717) is 59.3 Å². The largest absolute Gasteiger partial charge is 0.497 e. The molecule has 8 nitrogen and oxygen atoms in total. The lowest BCUT2D eigenvalue weighted by Crippen LogP contribution is -2.36. The van der Waals surface area contributed by atoms with Crippen LogP contribution in [0.25, 0.3) is 10.3 Å². The van der Waals surface area contributed by atoms with Crippen LogP contribution in [0.15, 0.2) is 53.3 Å². The normalized spacial score (nSPS) is 17.8. The number of hydrogen-bond acceptors (Lipinski definition) is 8. The van der Waals surface area contributed by atoms with Gasteiger partial charge in [-0.25, -0.2) is 14.4 Å². The van der Waals surface area contributed by atoms with Crippen LogP contribution in [0.1, 0.15) is 49.1 Å². The van der Waals surface area contributed by atoms with E-state index in [1.54, 1.807) is 32.4 Å². The number of aromatic nitrogens is 3. The number of anilines is 1. The third kappa shape index (κ3) is 4.96. The Kier molecular flexibility index (Phi) is 7.04. The molecule has 0 radical (unpaired) electrons. The zero-order valence-corrected chi connectivity index (χ0v) is 23.4. The van der Waals surface area contributed by atoms with Crippen LogP contribution in [0.4, 0.5) is 9.52 Å². The lowest BCUT2D eigenvalue weighted by molar-refractivity contribution is -0.120. The van der Waals surface area contributed by atoms with Gasteiger partial charge >= 0.3 is 0 Å². The molecule has 2 aliphatic rings. The van der Waals surface area contributed by atoms with Gasteiger partial charge in [-0.05, 0) is 49.8 Å². The highest BCUT2D eigenvalue weighted by Crippen LogP contribution is 2.49. The predicted molar refractivity (Wildman–Crippen MR) is 152 cm³/mol. The SMILES string of the molecule is COc1ccc(Cn2c(C3(F)CC3)nc3sc(N4CCC[C@@H]4C(=O)CCc4ccccc4)nc3c2=O)c(OC)c1. The topological polar surface area (TPSA) is 86.5 Å². The Morgan fingerprint density at radius 2 is 1.93 bits per heavy atom. The van der Waals surface area contributed by atoms with E-state index < -0.39 is 11.2 Å². The van der Waals surface area contributed by atoms with Crippen molar-refractivity contribution in [1.82, 2.24) is 14.5 Å². The van der Waals surface area contributed by atoms with Crippen molar-refractivity contribution in [1.29, 1.82) is 0 Å². The number of nitrogens with zero attached hydrogens (tertiary/aromatic N) is 4. The number of methoxy groups -OCH3 is 2. The Bertz CT molecular complexity index is 1620. The number of alkyl halides is 1. The number of halogens is 1. The second kappa shape index (κ2) is 10.6. The molecule has 208 valence electrons. The molecule has 6 rings (SSSR count). The zero-order valence-electron chi connectivity index (χ0n) is 22.6. The Hall–Kier alpha value is -3.79. The molecule has 1 atom stereocenters. The Balaban J connectivity index is 1.33. The Morgan fingerprint density at radius 1 is 1.12 bits per heavy atom. The Morgan fingerprint density at radius 3 is 2.65 bits per heavy atom. The summed E-state index contributed by atoms with van der Waals surface area (Å²) in [6.45, 7) is 0.770. The van der Waals surface area contributed by atoms with Crippen LogP contribution in [0.5, 0.6) is 11.5 Å². The van der Waals surface area contributed by atoms with Crippen LogP contribution in [0, 0.1) is 0 Å². The fourth-order valence-corrected chi connectivity index (χ4v) is 6.41. The summed E-state index contributed by atoms with van der Waals surface area (Å²) in [6, 6.07) is 15.0. The molecule has 1 saturated carbocycles. The molecule has 1 aliphatic heterocycles. The van der Waals surface area contributed by atoms with Crippen LogP contribution >= 0.6 is 11.3 Å². The number of thiazole rings is 1. The second-order valence-electron chi connectivity index (χ2n) is 10.4. The maximum atomic E-state index is 15.6. The van der Waals surface area contributed by atoms with Crippen molar-refractivity contribution in [2.24, 2.45) is 0 Å². The van der Waals surface area contributed by atoms with Crippen LogP contribution in [0.2, 0.25) is 0 Å². The van der Waals surface area contributed by atoms with E-state index in [1.165, 1.54) is 15.9 Å². The van der Waals surface area contributed by atoms with Crippen LogP contribution in [-0.4, -0.2) is 47.1 Å². The van der Waals surface area contributed by atoms with E-state index >= 15 is 4.39 Å².